The fraction of sp³-hybridized carbons (Fsp3) is 0.467. The van der Waals surface area contributed by atoms with E-state index in [9.17, 15) is 4.79 Å². The minimum absolute atomic E-state index is 0.0382. The van der Waals surface area contributed by atoms with Crippen LogP contribution in [0.5, 0.6) is 0 Å². The smallest absolute Gasteiger partial charge is 0.226 e. The summed E-state index contributed by atoms with van der Waals surface area (Å²) in [5, 5.41) is 7.97. The van der Waals surface area contributed by atoms with Crippen LogP contribution >= 0.6 is 22.7 Å². The molecule has 1 fully saturated rings. The molecule has 1 N–H and O–H groups in total. The number of aromatic nitrogens is 1. The molecule has 7 heteroatoms. The standard InChI is InChI=1S/C15H19N3O2S2/c19-14(16-3-4-18-5-7-20-8-6-18)10-12-11-22-15(17-12)13-2-1-9-21-13/h1-2,9,11H,3-8,10H2,(H,16,19). The van der Waals surface area contributed by atoms with Crippen LogP contribution in [0, 0.1) is 0 Å². The first-order valence-corrected chi connectivity index (χ1v) is 9.12. The molecule has 0 aromatic carbocycles. The van der Waals surface area contributed by atoms with E-state index < -0.39 is 0 Å². The average Bonchev–Trinajstić information content (AvgIpc) is 3.19. The van der Waals surface area contributed by atoms with Crippen molar-refractivity contribution < 1.29 is 9.53 Å². The molecule has 2 aromatic rings. The summed E-state index contributed by atoms with van der Waals surface area (Å²) < 4.78 is 5.30. The number of nitrogens with one attached hydrogen (secondary N) is 1. The monoisotopic (exact) mass is 337 g/mol. The van der Waals surface area contributed by atoms with Crippen LogP contribution in [0.4, 0.5) is 0 Å². The maximum absolute atomic E-state index is 12.0. The molecular weight excluding hydrogens is 318 g/mol. The van der Waals surface area contributed by atoms with Crippen molar-refractivity contribution in [3.63, 3.8) is 0 Å². The predicted molar refractivity (Wildman–Crippen MR) is 89.4 cm³/mol. The van der Waals surface area contributed by atoms with E-state index in [4.69, 9.17) is 4.74 Å². The Balaban J connectivity index is 1.42. The highest BCUT2D eigenvalue weighted by Crippen LogP contribution is 2.27. The van der Waals surface area contributed by atoms with Gasteiger partial charge in [-0.1, -0.05) is 6.07 Å². The molecule has 1 amide bonds. The zero-order chi connectivity index (χ0) is 15.2. The van der Waals surface area contributed by atoms with Crippen LogP contribution in [0.3, 0.4) is 0 Å². The highest BCUT2D eigenvalue weighted by atomic mass is 32.1. The van der Waals surface area contributed by atoms with Gasteiger partial charge in [-0.25, -0.2) is 4.98 Å². The van der Waals surface area contributed by atoms with Gasteiger partial charge >= 0.3 is 0 Å². The Bertz CT molecular complexity index is 592. The normalized spacial score (nSPS) is 15.8. The second-order valence-corrected chi connectivity index (χ2v) is 6.91. The molecule has 3 heterocycles. The van der Waals surface area contributed by atoms with Gasteiger partial charge in [-0.2, -0.15) is 0 Å². The summed E-state index contributed by atoms with van der Waals surface area (Å²) in [6, 6.07) is 4.06. The summed E-state index contributed by atoms with van der Waals surface area (Å²) in [6.45, 7) is 5.04. The van der Waals surface area contributed by atoms with Gasteiger partial charge in [-0.3, -0.25) is 9.69 Å². The van der Waals surface area contributed by atoms with E-state index in [0.717, 1.165) is 48.4 Å². The number of ether oxygens (including phenoxy) is 1. The third-order valence-electron chi connectivity index (χ3n) is 3.48. The van der Waals surface area contributed by atoms with Crippen LogP contribution in [-0.2, 0) is 16.0 Å². The zero-order valence-corrected chi connectivity index (χ0v) is 13.9. The van der Waals surface area contributed by atoms with Gasteiger partial charge in [0.1, 0.15) is 5.01 Å². The summed E-state index contributed by atoms with van der Waals surface area (Å²) in [5.74, 6) is 0.0382. The van der Waals surface area contributed by atoms with Crippen molar-refractivity contribution in [2.45, 2.75) is 6.42 Å². The molecule has 0 aliphatic carbocycles. The van der Waals surface area contributed by atoms with Gasteiger partial charge in [0.25, 0.3) is 0 Å². The number of carbonyl (C=O) groups is 1. The Morgan fingerprint density at radius 1 is 1.36 bits per heavy atom. The molecule has 0 bridgehead atoms. The highest BCUT2D eigenvalue weighted by molar-refractivity contribution is 7.20. The molecule has 1 aliphatic heterocycles. The summed E-state index contributed by atoms with van der Waals surface area (Å²) in [6.07, 6.45) is 0.352. The molecule has 0 atom stereocenters. The van der Waals surface area contributed by atoms with Crippen LogP contribution < -0.4 is 5.32 Å². The lowest BCUT2D eigenvalue weighted by atomic mass is 10.3. The Kier molecular flexibility index (Phi) is 5.55. The van der Waals surface area contributed by atoms with Crippen molar-refractivity contribution in [2.24, 2.45) is 0 Å². The van der Waals surface area contributed by atoms with Crippen LogP contribution in [0.2, 0.25) is 0 Å². The summed E-state index contributed by atoms with van der Waals surface area (Å²) in [4.78, 5) is 20.0. The first kappa shape index (κ1) is 15.6. The van der Waals surface area contributed by atoms with E-state index >= 15 is 0 Å². The zero-order valence-electron chi connectivity index (χ0n) is 12.3. The maximum atomic E-state index is 12.0. The van der Waals surface area contributed by atoms with Gasteiger partial charge in [0.05, 0.1) is 30.2 Å². The molecule has 1 aliphatic rings. The molecule has 5 nitrogen and oxygen atoms in total. The van der Waals surface area contributed by atoms with Gasteiger partial charge in [0, 0.05) is 31.6 Å². The number of hydrogen-bond donors (Lipinski definition) is 1. The van der Waals surface area contributed by atoms with E-state index in [1.165, 1.54) is 0 Å². The minimum atomic E-state index is 0.0382. The Morgan fingerprint density at radius 2 is 2.23 bits per heavy atom. The number of thiazole rings is 1. The average molecular weight is 337 g/mol. The van der Waals surface area contributed by atoms with E-state index in [0.29, 0.717) is 13.0 Å². The number of morpholine rings is 1. The third-order valence-corrected chi connectivity index (χ3v) is 5.41. The van der Waals surface area contributed by atoms with Gasteiger partial charge in [-0.15, -0.1) is 22.7 Å². The van der Waals surface area contributed by atoms with Crippen LogP contribution in [-0.4, -0.2) is 55.2 Å². The summed E-state index contributed by atoms with van der Waals surface area (Å²) in [7, 11) is 0. The molecule has 22 heavy (non-hydrogen) atoms. The number of rotatable bonds is 6. The van der Waals surface area contributed by atoms with Gasteiger partial charge in [0.15, 0.2) is 0 Å². The molecule has 1 saturated heterocycles. The number of hydrogen-bond acceptors (Lipinski definition) is 6. The number of amides is 1. The Labute approximate surface area is 137 Å². The van der Waals surface area contributed by atoms with Crippen LogP contribution in [0.15, 0.2) is 22.9 Å². The minimum Gasteiger partial charge on any atom is -0.379 e. The van der Waals surface area contributed by atoms with E-state index in [1.807, 2.05) is 16.8 Å². The van der Waals surface area contributed by atoms with Crippen molar-refractivity contribution in [3.05, 3.63) is 28.6 Å². The van der Waals surface area contributed by atoms with E-state index in [-0.39, 0.29) is 5.91 Å². The largest absolute Gasteiger partial charge is 0.379 e. The second-order valence-electron chi connectivity index (χ2n) is 5.10. The van der Waals surface area contributed by atoms with Crippen molar-refractivity contribution >= 4 is 28.6 Å². The van der Waals surface area contributed by atoms with Crippen molar-refractivity contribution in [3.8, 4) is 9.88 Å². The molecule has 118 valence electrons. The topological polar surface area (TPSA) is 54.5 Å². The number of nitrogens with zero attached hydrogens (tertiary/aromatic N) is 2. The van der Waals surface area contributed by atoms with E-state index in [2.05, 4.69) is 21.3 Å². The lowest BCUT2D eigenvalue weighted by Crippen LogP contribution is -2.41. The number of carbonyl (C=O) groups excluding carboxylic acids is 1. The molecule has 3 rings (SSSR count). The van der Waals surface area contributed by atoms with Crippen LogP contribution in [0.1, 0.15) is 5.69 Å². The molecule has 0 spiro atoms. The summed E-state index contributed by atoms with van der Waals surface area (Å²) >= 11 is 3.26. The first-order chi connectivity index (χ1) is 10.8. The molecule has 0 radical (unpaired) electrons. The lowest BCUT2D eigenvalue weighted by molar-refractivity contribution is -0.120. The third kappa shape index (κ3) is 4.36. The molecule has 2 aromatic heterocycles. The van der Waals surface area contributed by atoms with E-state index in [1.54, 1.807) is 22.7 Å². The molecule has 0 saturated carbocycles. The van der Waals surface area contributed by atoms with Crippen LogP contribution in [0.25, 0.3) is 9.88 Å². The number of thiophene rings is 1. The quantitative estimate of drug-likeness (QED) is 0.874. The second kappa shape index (κ2) is 7.82. The highest BCUT2D eigenvalue weighted by Gasteiger charge is 2.12. The Morgan fingerprint density at radius 3 is 3.00 bits per heavy atom. The Hall–Kier alpha value is -1.28. The predicted octanol–water partition coefficient (Wildman–Crippen LogP) is 1.86. The SMILES string of the molecule is O=C(Cc1csc(-c2cccs2)n1)NCCN1CCOCC1. The van der Waals surface area contributed by atoms with Gasteiger partial charge < -0.3 is 10.1 Å². The lowest BCUT2D eigenvalue weighted by Gasteiger charge is -2.26. The fourth-order valence-corrected chi connectivity index (χ4v) is 3.94. The van der Waals surface area contributed by atoms with Gasteiger partial charge in [-0.05, 0) is 11.4 Å². The van der Waals surface area contributed by atoms with Crippen molar-refractivity contribution in [2.75, 3.05) is 39.4 Å². The maximum Gasteiger partial charge on any atom is 0.226 e. The fourth-order valence-electron chi connectivity index (χ4n) is 2.31. The van der Waals surface area contributed by atoms with Gasteiger partial charge in [0.2, 0.25) is 5.91 Å². The van der Waals surface area contributed by atoms with Crippen molar-refractivity contribution in [1.82, 2.24) is 15.2 Å². The molecule has 0 unspecified atom stereocenters. The first-order valence-electron chi connectivity index (χ1n) is 7.36. The summed E-state index contributed by atoms with van der Waals surface area (Å²) in [5.41, 5.74) is 0.845. The van der Waals surface area contributed by atoms with Crippen molar-refractivity contribution in [1.29, 1.82) is 0 Å². The molecular formula is C15H19N3O2S2.